The monoisotopic (exact) mass is 322 g/mol. The van der Waals surface area contributed by atoms with Crippen molar-refractivity contribution in [3.63, 3.8) is 0 Å². The lowest BCUT2D eigenvalue weighted by Gasteiger charge is -2.42. The molecule has 3 nitrogen and oxygen atoms in total. The molecule has 0 aromatic carbocycles. The summed E-state index contributed by atoms with van der Waals surface area (Å²) in [6, 6.07) is 0. The van der Waals surface area contributed by atoms with Crippen LogP contribution in [0.1, 0.15) is 74.7 Å². The summed E-state index contributed by atoms with van der Waals surface area (Å²) in [4.78, 5) is 11.1. The Bertz CT molecular complexity index is 505. The Morgan fingerprint density at radius 2 is 1.78 bits per heavy atom. The van der Waals surface area contributed by atoms with Gasteiger partial charge in [-0.05, 0) is 64.2 Å². The van der Waals surface area contributed by atoms with Crippen LogP contribution in [0.25, 0.3) is 0 Å². The van der Waals surface area contributed by atoms with Gasteiger partial charge in [0.25, 0.3) is 0 Å². The van der Waals surface area contributed by atoms with E-state index in [0.29, 0.717) is 17.3 Å². The first-order valence-electron chi connectivity index (χ1n) is 8.96. The second-order valence-electron chi connectivity index (χ2n) is 9.32. The fourth-order valence-electron chi connectivity index (χ4n) is 3.89. The van der Waals surface area contributed by atoms with Crippen LogP contribution in [0.3, 0.4) is 0 Å². The third kappa shape index (κ3) is 3.60. The molecule has 4 atom stereocenters. The highest BCUT2D eigenvalue weighted by Gasteiger charge is 2.61. The van der Waals surface area contributed by atoms with Gasteiger partial charge in [-0.3, -0.25) is 0 Å². The van der Waals surface area contributed by atoms with Crippen molar-refractivity contribution in [2.75, 3.05) is 0 Å². The highest BCUT2D eigenvalue weighted by molar-refractivity contribution is 5.27. The van der Waals surface area contributed by atoms with Crippen LogP contribution in [-0.2, 0) is 9.78 Å². The zero-order chi connectivity index (χ0) is 17.7. The quantitative estimate of drug-likeness (QED) is 0.475. The first kappa shape index (κ1) is 18.8. The van der Waals surface area contributed by atoms with E-state index in [4.69, 9.17) is 9.78 Å². The van der Waals surface area contributed by atoms with E-state index in [2.05, 4.69) is 39.5 Å². The maximum atomic E-state index is 11.1. The largest absolute Gasteiger partial charge is 0.377 e. The highest BCUT2D eigenvalue weighted by Crippen LogP contribution is 2.62. The predicted molar refractivity (Wildman–Crippen MR) is 92.5 cm³/mol. The fourth-order valence-corrected chi connectivity index (χ4v) is 3.89. The topological polar surface area (TPSA) is 38.7 Å². The molecule has 0 heterocycles. The normalized spacial score (nSPS) is 36.0. The molecule has 2 aliphatic rings. The Morgan fingerprint density at radius 1 is 1.17 bits per heavy atom. The van der Waals surface area contributed by atoms with E-state index in [1.165, 1.54) is 0 Å². The predicted octanol–water partition coefficient (Wildman–Crippen LogP) is 4.34. The molecule has 2 rings (SSSR count). The molecule has 1 N–H and O–H groups in total. The third-order valence-corrected chi connectivity index (χ3v) is 6.45. The van der Waals surface area contributed by atoms with E-state index >= 15 is 0 Å². The zero-order valence-electron chi connectivity index (χ0n) is 16.1. The molecule has 2 aliphatic carbocycles. The summed E-state index contributed by atoms with van der Waals surface area (Å²) in [6.07, 6.45) is 2.72. The Hall–Kier alpha value is -0.560. The van der Waals surface area contributed by atoms with E-state index in [1.807, 2.05) is 27.7 Å². The highest BCUT2D eigenvalue weighted by atomic mass is 17.2. The molecule has 0 spiro atoms. The molecule has 2 bridgehead atoms. The molecule has 0 amide bonds. The summed E-state index contributed by atoms with van der Waals surface area (Å²) in [5, 5.41) is 11.1. The summed E-state index contributed by atoms with van der Waals surface area (Å²) >= 11 is 0. The molecule has 0 aromatic heterocycles. The van der Waals surface area contributed by atoms with Gasteiger partial charge in [-0.15, -0.1) is 0 Å². The lowest BCUT2D eigenvalue weighted by molar-refractivity contribution is -0.388. The van der Waals surface area contributed by atoms with Crippen LogP contribution in [0.2, 0.25) is 0 Å². The number of aliphatic hydroxyl groups is 1. The molecule has 0 unspecified atom stereocenters. The minimum atomic E-state index is -0.874. The van der Waals surface area contributed by atoms with Crippen molar-refractivity contribution in [1.29, 1.82) is 0 Å². The SMILES string of the molecule is CCC(C)(C)OOC(C)(C)C#C[C@]1(O)C[C@H]2C[C@@H]1[C@H](C)C2(C)C. The number of hydrogen-bond acceptors (Lipinski definition) is 3. The van der Waals surface area contributed by atoms with E-state index in [0.717, 1.165) is 19.3 Å². The van der Waals surface area contributed by atoms with Crippen molar-refractivity contribution in [1.82, 2.24) is 0 Å². The maximum Gasteiger partial charge on any atom is 0.158 e. The van der Waals surface area contributed by atoms with Gasteiger partial charge < -0.3 is 5.11 Å². The summed E-state index contributed by atoms with van der Waals surface area (Å²) in [5.41, 5.74) is -1.64. The van der Waals surface area contributed by atoms with Crippen molar-refractivity contribution in [2.45, 2.75) is 91.5 Å². The Morgan fingerprint density at radius 3 is 2.26 bits per heavy atom. The number of rotatable bonds is 4. The Labute approximate surface area is 142 Å². The molecule has 132 valence electrons. The van der Waals surface area contributed by atoms with Crippen molar-refractivity contribution in [2.24, 2.45) is 23.2 Å². The van der Waals surface area contributed by atoms with Gasteiger partial charge in [-0.2, -0.15) is 0 Å². The summed E-state index contributed by atoms with van der Waals surface area (Å²) in [7, 11) is 0. The van der Waals surface area contributed by atoms with E-state index in [-0.39, 0.29) is 11.5 Å². The van der Waals surface area contributed by atoms with Gasteiger partial charge in [0.05, 0.1) is 5.60 Å². The van der Waals surface area contributed by atoms with Gasteiger partial charge in [0.15, 0.2) is 5.60 Å². The molecule has 0 aliphatic heterocycles. The Balaban J connectivity index is 2.07. The fraction of sp³-hybridized carbons (Fsp3) is 0.900. The van der Waals surface area contributed by atoms with Crippen LogP contribution in [0.4, 0.5) is 0 Å². The zero-order valence-corrected chi connectivity index (χ0v) is 16.1. The molecule has 23 heavy (non-hydrogen) atoms. The van der Waals surface area contributed by atoms with E-state index in [9.17, 15) is 5.11 Å². The number of fused-ring (bicyclic) bond motifs is 2. The summed E-state index contributed by atoms with van der Waals surface area (Å²) in [6.45, 7) is 16.7. The van der Waals surface area contributed by atoms with Gasteiger partial charge in [-0.25, -0.2) is 9.78 Å². The van der Waals surface area contributed by atoms with Crippen LogP contribution >= 0.6 is 0 Å². The van der Waals surface area contributed by atoms with Gasteiger partial charge in [0, 0.05) is 5.92 Å². The van der Waals surface area contributed by atoms with Gasteiger partial charge >= 0.3 is 0 Å². The second-order valence-corrected chi connectivity index (χ2v) is 9.32. The molecule has 0 saturated heterocycles. The minimum Gasteiger partial charge on any atom is -0.377 e. The standard InChI is InChI=1S/C20H34O3/c1-9-17(3,4)22-23-18(5,6)10-11-20(21)13-15-12-16(20)14(2)19(15,7)8/h14-16,21H,9,12-13H2,1-8H3/t14-,15+,16+,20-/m0/s1. The molecule has 2 saturated carbocycles. The van der Waals surface area contributed by atoms with Gasteiger partial charge in [-0.1, -0.05) is 39.5 Å². The summed E-state index contributed by atoms with van der Waals surface area (Å²) < 4.78 is 0. The van der Waals surface area contributed by atoms with Gasteiger partial charge in [0.2, 0.25) is 0 Å². The first-order chi connectivity index (χ1) is 10.3. The van der Waals surface area contributed by atoms with Crippen molar-refractivity contribution < 1.29 is 14.9 Å². The molecule has 2 fully saturated rings. The maximum absolute atomic E-state index is 11.1. The molecule has 0 aromatic rings. The summed E-state index contributed by atoms with van der Waals surface area (Å²) in [5.74, 6) is 7.58. The minimum absolute atomic E-state index is 0.263. The average molecular weight is 322 g/mol. The van der Waals surface area contributed by atoms with Crippen molar-refractivity contribution in [3.05, 3.63) is 0 Å². The van der Waals surface area contributed by atoms with Crippen LogP contribution in [0, 0.1) is 35.0 Å². The average Bonchev–Trinajstić information content (AvgIpc) is 2.91. The van der Waals surface area contributed by atoms with Crippen molar-refractivity contribution in [3.8, 4) is 11.8 Å². The van der Waals surface area contributed by atoms with E-state index in [1.54, 1.807) is 0 Å². The number of hydrogen-bond donors (Lipinski definition) is 1. The first-order valence-corrected chi connectivity index (χ1v) is 8.96. The van der Waals surface area contributed by atoms with E-state index < -0.39 is 11.2 Å². The molecular formula is C20H34O3. The lowest BCUT2D eigenvalue weighted by Crippen LogP contribution is -2.44. The van der Waals surface area contributed by atoms with Crippen LogP contribution in [0.5, 0.6) is 0 Å². The van der Waals surface area contributed by atoms with Crippen molar-refractivity contribution >= 4 is 0 Å². The van der Waals surface area contributed by atoms with Crippen LogP contribution < -0.4 is 0 Å². The van der Waals surface area contributed by atoms with Crippen LogP contribution in [0.15, 0.2) is 0 Å². The van der Waals surface area contributed by atoms with Crippen LogP contribution in [-0.4, -0.2) is 21.9 Å². The smallest absolute Gasteiger partial charge is 0.158 e. The molecular weight excluding hydrogens is 288 g/mol. The van der Waals surface area contributed by atoms with Gasteiger partial charge in [0.1, 0.15) is 5.60 Å². The second kappa shape index (κ2) is 5.76. The molecule has 3 heteroatoms. The Kier molecular flexibility index (Phi) is 4.70. The lowest BCUT2D eigenvalue weighted by atomic mass is 9.64. The third-order valence-electron chi connectivity index (χ3n) is 6.45. The molecule has 0 radical (unpaired) electrons.